The molecule has 1 heterocycles. The van der Waals surface area contributed by atoms with E-state index < -0.39 is 0 Å². The molecule has 0 saturated heterocycles. The van der Waals surface area contributed by atoms with E-state index in [0.29, 0.717) is 0 Å². The van der Waals surface area contributed by atoms with Crippen LogP contribution >= 0.6 is 0 Å². The molecule has 0 spiro atoms. The van der Waals surface area contributed by atoms with Crippen molar-refractivity contribution in [3.05, 3.63) is 94.3 Å². The van der Waals surface area contributed by atoms with Crippen LogP contribution in [-0.2, 0) is 0 Å². The molecule has 0 fully saturated rings. The van der Waals surface area contributed by atoms with Gasteiger partial charge < -0.3 is 10.6 Å². The van der Waals surface area contributed by atoms with Gasteiger partial charge in [-0.1, -0.05) is 54.1 Å². The molecule has 2 amide bonds. The maximum atomic E-state index is 12.7. The number of hydrogen-bond donors (Lipinski definition) is 2. The number of hydrogen-bond acceptors (Lipinski definition) is 3. The van der Waals surface area contributed by atoms with Crippen molar-refractivity contribution in [2.45, 2.75) is 33.7 Å². The molecule has 0 bridgehead atoms. The maximum absolute atomic E-state index is 12.7. The quantitative estimate of drug-likeness (QED) is 0.664. The number of nitrogens with zero attached hydrogens (tertiary/aromatic N) is 1. The fraction of sp³-hybridized carbons (Fsp3) is 0.208. The first-order valence-corrected chi connectivity index (χ1v) is 9.57. The zero-order chi connectivity index (χ0) is 21.0. The number of aryl methyl sites for hydroxylation is 3. The highest BCUT2D eigenvalue weighted by Crippen LogP contribution is 2.22. The van der Waals surface area contributed by atoms with Crippen LogP contribution in [0.25, 0.3) is 0 Å². The van der Waals surface area contributed by atoms with Gasteiger partial charge in [-0.05, 0) is 56.5 Å². The van der Waals surface area contributed by atoms with E-state index in [0.717, 1.165) is 27.9 Å². The number of nitrogens with one attached hydrogen (secondary N) is 2. The van der Waals surface area contributed by atoms with Crippen molar-refractivity contribution in [1.82, 2.24) is 10.3 Å². The topological polar surface area (TPSA) is 71.1 Å². The summed E-state index contributed by atoms with van der Waals surface area (Å²) in [6, 6.07) is 18.4. The summed E-state index contributed by atoms with van der Waals surface area (Å²) >= 11 is 0. The van der Waals surface area contributed by atoms with Crippen LogP contribution < -0.4 is 10.6 Å². The van der Waals surface area contributed by atoms with Gasteiger partial charge in [0.25, 0.3) is 11.8 Å². The minimum atomic E-state index is -0.342. The number of carbonyl (C=O) groups excluding carboxylic acids is 2. The molecule has 5 heteroatoms. The summed E-state index contributed by atoms with van der Waals surface area (Å²) in [5.41, 5.74) is 5.29. The highest BCUT2D eigenvalue weighted by atomic mass is 16.2. The summed E-state index contributed by atoms with van der Waals surface area (Å²) in [4.78, 5) is 29.6. The average Bonchev–Trinajstić information content (AvgIpc) is 2.71. The van der Waals surface area contributed by atoms with Crippen LogP contribution in [0.1, 0.15) is 56.2 Å². The van der Waals surface area contributed by atoms with Crippen molar-refractivity contribution in [1.29, 1.82) is 0 Å². The van der Waals surface area contributed by atoms with Gasteiger partial charge in [-0.15, -0.1) is 0 Å². The van der Waals surface area contributed by atoms with Gasteiger partial charge in [-0.25, -0.2) is 4.98 Å². The number of aromatic nitrogens is 1. The molecule has 2 aromatic carbocycles. The van der Waals surface area contributed by atoms with Gasteiger partial charge in [0.05, 0.1) is 6.04 Å². The van der Waals surface area contributed by atoms with Crippen LogP contribution in [0.5, 0.6) is 0 Å². The van der Waals surface area contributed by atoms with Crippen LogP contribution in [0.3, 0.4) is 0 Å². The van der Waals surface area contributed by atoms with Crippen molar-refractivity contribution >= 4 is 17.5 Å². The first-order chi connectivity index (χ1) is 13.8. The largest absolute Gasteiger partial charge is 0.344 e. The molecule has 3 aromatic rings. The minimum Gasteiger partial charge on any atom is -0.344 e. The van der Waals surface area contributed by atoms with Gasteiger partial charge in [-0.3, -0.25) is 9.59 Å². The number of amides is 2. The van der Waals surface area contributed by atoms with Gasteiger partial charge in [0.2, 0.25) is 0 Å². The SMILES string of the molecule is Cc1cc(C)c(NC(=O)c2cccc(C(=O)NC(C)c3ccccc3)n2)c(C)c1. The van der Waals surface area contributed by atoms with E-state index in [1.807, 2.05) is 70.2 Å². The van der Waals surface area contributed by atoms with Crippen LogP contribution in [0.2, 0.25) is 0 Å². The summed E-state index contributed by atoms with van der Waals surface area (Å²) in [6.45, 7) is 7.84. The Balaban J connectivity index is 1.75. The molecule has 0 radical (unpaired) electrons. The van der Waals surface area contributed by atoms with Crippen LogP contribution in [-0.4, -0.2) is 16.8 Å². The second-order valence-corrected chi connectivity index (χ2v) is 7.24. The molecule has 0 aliphatic rings. The first kappa shape index (κ1) is 20.3. The Morgan fingerprint density at radius 2 is 1.41 bits per heavy atom. The van der Waals surface area contributed by atoms with Gasteiger partial charge >= 0.3 is 0 Å². The standard InChI is InChI=1S/C24H25N3O2/c1-15-13-16(2)22(17(3)14-15)27-24(29)21-12-8-11-20(26-21)23(28)25-18(4)19-9-6-5-7-10-19/h5-14,18H,1-4H3,(H,25,28)(H,27,29). The first-order valence-electron chi connectivity index (χ1n) is 9.57. The second kappa shape index (κ2) is 8.69. The fourth-order valence-electron chi connectivity index (χ4n) is 3.34. The van der Waals surface area contributed by atoms with E-state index >= 15 is 0 Å². The zero-order valence-corrected chi connectivity index (χ0v) is 17.1. The lowest BCUT2D eigenvalue weighted by molar-refractivity contribution is 0.0934. The summed E-state index contributed by atoms with van der Waals surface area (Å²) in [6.07, 6.45) is 0. The van der Waals surface area contributed by atoms with Crippen molar-refractivity contribution in [3.63, 3.8) is 0 Å². The summed E-state index contributed by atoms with van der Waals surface area (Å²) in [7, 11) is 0. The molecule has 5 nitrogen and oxygen atoms in total. The number of rotatable bonds is 5. The van der Waals surface area contributed by atoms with E-state index in [9.17, 15) is 9.59 Å². The maximum Gasteiger partial charge on any atom is 0.274 e. The summed E-state index contributed by atoms with van der Waals surface area (Å²) in [5, 5.41) is 5.84. The minimum absolute atomic E-state index is 0.166. The Kier molecular flexibility index (Phi) is 6.07. The molecule has 1 atom stereocenters. The van der Waals surface area contributed by atoms with Crippen molar-refractivity contribution in [2.75, 3.05) is 5.32 Å². The number of anilines is 1. The van der Waals surface area contributed by atoms with Gasteiger partial charge in [-0.2, -0.15) is 0 Å². The predicted octanol–water partition coefficient (Wildman–Crippen LogP) is 4.75. The molecule has 29 heavy (non-hydrogen) atoms. The molecule has 1 aromatic heterocycles. The lowest BCUT2D eigenvalue weighted by Gasteiger charge is -2.15. The van der Waals surface area contributed by atoms with E-state index in [2.05, 4.69) is 15.6 Å². The highest BCUT2D eigenvalue weighted by molar-refractivity contribution is 6.04. The molecule has 3 rings (SSSR count). The Bertz CT molecular complexity index is 1020. The molecular formula is C24H25N3O2. The Labute approximate surface area is 171 Å². The third-order valence-corrected chi connectivity index (χ3v) is 4.78. The third-order valence-electron chi connectivity index (χ3n) is 4.78. The zero-order valence-electron chi connectivity index (χ0n) is 17.1. The fourth-order valence-corrected chi connectivity index (χ4v) is 3.34. The Morgan fingerprint density at radius 1 is 0.828 bits per heavy atom. The molecule has 0 aliphatic carbocycles. The number of benzene rings is 2. The molecule has 0 aliphatic heterocycles. The van der Waals surface area contributed by atoms with E-state index in [4.69, 9.17) is 0 Å². The van der Waals surface area contributed by atoms with Crippen LogP contribution in [0, 0.1) is 20.8 Å². The lowest BCUT2D eigenvalue weighted by atomic mass is 10.0. The average molecular weight is 387 g/mol. The Hall–Kier alpha value is -3.47. The van der Waals surface area contributed by atoms with Gasteiger partial charge in [0.15, 0.2) is 0 Å². The predicted molar refractivity (Wildman–Crippen MR) is 115 cm³/mol. The Morgan fingerprint density at radius 3 is 2.03 bits per heavy atom. The summed E-state index contributed by atoms with van der Waals surface area (Å²) < 4.78 is 0. The normalized spacial score (nSPS) is 11.6. The van der Waals surface area contributed by atoms with Crippen molar-refractivity contribution < 1.29 is 9.59 Å². The van der Waals surface area contributed by atoms with E-state index in [1.165, 1.54) is 0 Å². The second-order valence-electron chi connectivity index (χ2n) is 7.24. The molecule has 148 valence electrons. The molecule has 2 N–H and O–H groups in total. The number of pyridine rings is 1. The van der Waals surface area contributed by atoms with Crippen molar-refractivity contribution in [2.24, 2.45) is 0 Å². The molecule has 0 saturated carbocycles. The highest BCUT2D eigenvalue weighted by Gasteiger charge is 2.16. The number of carbonyl (C=O) groups is 2. The lowest BCUT2D eigenvalue weighted by Crippen LogP contribution is -2.28. The molecule has 1 unspecified atom stereocenters. The van der Waals surface area contributed by atoms with E-state index in [-0.39, 0.29) is 29.2 Å². The van der Waals surface area contributed by atoms with Crippen LogP contribution in [0.4, 0.5) is 5.69 Å². The van der Waals surface area contributed by atoms with Gasteiger partial charge in [0.1, 0.15) is 11.4 Å². The monoisotopic (exact) mass is 387 g/mol. The van der Waals surface area contributed by atoms with E-state index in [1.54, 1.807) is 18.2 Å². The molecular weight excluding hydrogens is 362 g/mol. The van der Waals surface area contributed by atoms with Crippen molar-refractivity contribution in [3.8, 4) is 0 Å². The van der Waals surface area contributed by atoms with Gasteiger partial charge in [0, 0.05) is 5.69 Å². The van der Waals surface area contributed by atoms with Crippen LogP contribution in [0.15, 0.2) is 60.7 Å². The smallest absolute Gasteiger partial charge is 0.274 e. The third kappa shape index (κ3) is 4.88. The summed E-state index contributed by atoms with van der Waals surface area (Å²) in [5.74, 6) is -0.662.